The minimum Gasteiger partial charge on any atom is -0.506 e. The number of fused-ring (bicyclic) bond motifs is 1. The number of phenolic OH excluding ortho intramolecular Hbond substituents is 1. The molecule has 0 aliphatic rings. The minimum atomic E-state index is -0.416. The number of unbranched alkanes of at least 4 members (excludes halogenated alkanes) is 1. The zero-order valence-corrected chi connectivity index (χ0v) is 19.2. The number of benzene rings is 4. The molecule has 0 saturated heterocycles. The van der Waals surface area contributed by atoms with Gasteiger partial charge in [0.25, 0.3) is 5.91 Å². The Bertz CT molecular complexity index is 1400. The van der Waals surface area contributed by atoms with E-state index in [9.17, 15) is 9.90 Å². The van der Waals surface area contributed by atoms with E-state index >= 15 is 0 Å². The van der Waals surface area contributed by atoms with Gasteiger partial charge in [0.15, 0.2) is 0 Å². The summed E-state index contributed by atoms with van der Waals surface area (Å²) in [7, 11) is 0. The molecular weight excluding hydrogens is 444 g/mol. The van der Waals surface area contributed by atoms with E-state index in [1.165, 1.54) is 23.8 Å². The van der Waals surface area contributed by atoms with Crippen LogP contribution in [-0.2, 0) is 6.42 Å². The van der Waals surface area contributed by atoms with E-state index in [0.29, 0.717) is 5.56 Å². The number of nitrogens with one attached hydrogen (secondary N) is 1. The predicted octanol–water partition coefficient (Wildman–Crippen LogP) is 6.34. The van der Waals surface area contributed by atoms with Crippen LogP contribution in [0.15, 0.2) is 90.0 Å². The maximum atomic E-state index is 12.3. The van der Waals surface area contributed by atoms with Gasteiger partial charge in [0.05, 0.1) is 11.2 Å². The Labute approximate surface area is 203 Å². The topological polar surface area (TPSA) is 61.7 Å². The fourth-order valence-corrected chi connectivity index (χ4v) is 3.78. The van der Waals surface area contributed by atoms with Crippen molar-refractivity contribution >= 4 is 34.5 Å². The number of nitrogens with zero attached hydrogens (tertiary/aromatic N) is 1. The summed E-state index contributed by atoms with van der Waals surface area (Å²) in [5.74, 6) is 6.12. The van der Waals surface area contributed by atoms with Crippen LogP contribution in [-0.4, -0.2) is 17.2 Å². The lowest BCUT2D eigenvalue weighted by Crippen LogP contribution is -2.17. The molecule has 0 bridgehead atoms. The van der Waals surface area contributed by atoms with Crippen LogP contribution < -0.4 is 5.43 Å². The van der Waals surface area contributed by atoms with Crippen molar-refractivity contribution in [1.29, 1.82) is 0 Å². The van der Waals surface area contributed by atoms with Gasteiger partial charge in [-0.3, -0.25) is 4.79 Å². The third-order valence-corrected chi connectivity index (χ3v) is 5.67. The van der Waals surface area contributed by atoms with Gasteiger partial charge >= 0.3 is 0 Å². The van der Waals surface area contributed by atoms with Gasteiger partial charge in [-0.05, 0) is 53.4 Å². The molecule has 0 aliphatic heterocycles. The monoisotopic (exact) mass is 466 g/mol. The van der Waals surface area contributed by atoms with Crippen LogP contribution in [0.5, 0.6) is 5.75 Å². The van der Waals surface area contributed by atoms with E-state index in [1.54, 1.807) is 6.21 Å². The van der Waals surface area contributed by atoms with Crippen LogP contribution in [0.4, 0.5) is 0 Å². The standard InChI is InChI=1S/C29H23ClN2O2/c30-27-19-23(17-18-28(27)33)29(34)32-31-20-24-16-15-22(25-13-7-8-14-26(24)25)12-6-2-5-11-21-9-3-1-4-10-21/h1,3-4,7-10,13-20,33H,2,5,11H2,(H,32,34)/b31-20+. The van der Waals surface area contributed by atoms with E-state index in [4.69, 9.17) is 11.6 Å². The Morgan fingerprint density at radius 2 is 1.74 bits per heavy atom. The molecule has 0 fully saturated rings. The first kappa shape index (κ1) is 23.1. The number of carbonyl (C=O) groups excluding carboxylic acids is 1. The number of hydrogen-bond acceptors (Lipinski definition) is 3. The number of aromatic hydroxyl groups is 1. The highest BCUT2D eigenvalue weighted by molar-refractivity contribution is 6.32. The molecule has 0 heterocycles. The normalized spacial score (nSPS) is 10.7. The van der Waals surface area contributed by atoms with Gasteiger partial charge in [-0.25, -0.2) is 5.43 Å². The molecule has 0 radical (unpaired) electrons. The van der Waals surface area contributed by atoms with E-state index < -0.39 is 5.91 Å². The van der Waals surface area contributed by atoms with Gasteiger partial charge in [0.1, 0.15) is 5.75 Å². The zero-order chi connectivity index (χ0) is 23.8. The lowest BCUT2D eigenvalue weighted by molar-refractivity contribution is 0.0955. The molecular formula is C29H23ClN2O2. The zero-order valence-electron chi connectivity index (χ0n) is 18.5. The van der Waals surface area contributed by atoms with E-state index in [1.807, 2.05) is 42.5 Å². The molecule has 5 heteroatoms. The second kappa shape index (κ2) is 11.2. The van der Waals surface area contributed by atoms with Gasteiger partial charge in [-0.15, -0.1) is 0 Å². The molecule has 168 valence electrons. The maximum absolute atomic E-state index is 12.3. The van der Waals surface area contributed by atoms with E-state index in [2.05, 4.69) is 46.6 Å². The van der Waals surface area contributed by atoms with Crippen LogP contribution in [0.25, 0.3) is 10.8 Å². The maximum Gasteiger partial charge on any atom is 0.271 e. The van der Waals surface area contributed by atoms with Gasteiger partial charge < -0.3 is 5.11 Å². The molecule has 0 atom stereocenters. The summed E-state index contributed by atoms with van der Waals surface area (Å²) in [6.45, 7) is 0. The van der Waals surface area contributed by atoms with Crippen molar-refractivity contribution in [2.75, 3.05) is 0 Å². The predicted molar refractivity (Wildman–Crippen MR) is 138 cm³/mol. The molecule has 0 unspecified atom stereocenters. The average Bonchev–Trinajstić information content (AvgIpc) is 2.87. The van der Waals surface area contributed by atoms with E-state index in [0.717, 1.165) is 41.2 Å². The molecule has 0 saturated carbocycles. The number of amides is 1. The van der Waals surface area contributed by atoms with Crippen LogP contribution >= 0.6 is 11.6 Å². The molecule has 4 nitrogen and oxygen atoms in total. The summed E-state index contributed by atoms with van der Waals surface area (Å²) in [6.07, 6.45) is 4.48. The van der Waals surface area contributed by atoms with Gasteiger partial charge in [0.2, 0.25) is 0 Å². The molecule has 4 aromatic rings. The third-order valence-electron chi connectivity index (χ3n) is 5.37. The number of hydrogen-bond donors (Lipinski definition) is 2. The molecule has 4 aromatic carbocycles. The van der Waals surface area contributed by atoms with Gasteiger partial charge in [-0.1, -0.05) is 84.1 Å². The lowest BCUT2D eigenvalue weighted by atomic mass is 10.00. The largest absolute Gasteiger partial charge is 0.506 e. The number of phenols is 1. The Kier molecular flexibility index (Phi) is 7.60. The first-order valence-corrected chi connectivity index (χ1v) is 11.4. The molecule has 0 aliphatic carbocycles. The Hall–Kier alpha value is -4.07. The van der Waals surface area contributed by atoms with Crippen molar-refractivity contribution in [3.05, 3.63) is 112 Å². The number of rotatable bonds is 6. The smallest absolute Gasteiger partial charge is 0.271 e. The number of aryl methyl sites for hydroxylation is 1. The summed E-state index contributed by atoms with van der Waals surface area (Å²) in [4.78, 5) is 12.3. The average molecular weight is 467 g/mol. The fourth-order valence-electron chi connectivity index (χ4n) is 3.60. The Morgan fingerprint density at radius 1 is 0.971 bits per heavy atom. The van der Waals surface area contributed by atoms with Crippen molar-refractivity contribution in [1.82, 2.24) is 5.43 Å². The number of halogens is 1. The van der Waals surface area contributed by atoms with Crippen LogP contribution in [0.2, 0.25) is 5.02 Å². The first-order valence-electron chi connectivity index (χ1n) is 11.0. The Morgan fingerprint density at radius 3 is 2.53 bits per heavy atom. The highest BCUT2D eigenvalue weighted by Crippen LogP contribution is 2.24. The molecule has 0 spiro atoms. The highest BCUT2D eigenvalue weighted by atomic mass is 35.5. The summed E-state index contributed by atoms with van der Waals surface area (Å²) in [5, 5.41) is 15.8. The van der Waals surface area contributed by atoms with Crippen molar-refractivity contribution in [3.8, 4) is 17.6 Å². The lowest BCUT2D eigenvalue weighted by Gasteiger charge is -2.05. The van der Waals surface area contributed by atoms with Crippen molar-refractivity contribution < 1.29 is 9.90 Å². The van der Waals surface area contributed by atoms with Crippen molar-refractivity contribution in [2.45, 2.75) is 19.3 Å². The van der Waals surface area contributed by atoms with Crippen molar-refractivity contribution in [2.24, 2.45) is 5.10 Å². The molecule has 2 N–H and O–H groups in total. The van der Waals surface area contributed by atoms with E-state index in [-0.39, 0.29) is 10.8 Å². The number of carbonyl (C=O) groups is 1. The second-order valence-electron chi connectivity index (χ2n) is 7.75. The minimum absolute atomic E-state index is 0.0763. The summed E-state index contributed by atoms with van der Waals surface area (Å²) in [5.41, 5.74) is 5.98. The van der Waals surface area contributed by atoms with Crippen LogP contribution in [0.1, 0.15) is 39.9 Å². The van der Waals surface area contributed by atoms with Gasteiger partial charge in [0, 0.05) is 23.1 Å². The summed E-state index contributed by atoms with van der Waals surface area (Å²) in [6, 6.07) is 26.6. The van der Waals surface area contributed by atoms with Crippen LogP contribution in [0, 0.1) is 11.8 Å². The first-order chi connectivity index (χ1) is 16.6. The molecule has 1 amide bonds. The molecule has 34 heavy (non-hydrogen) atoms. The molecule has 0 aromatic heterocycles. The highest BCUT2D eigenvalue weighted by Gasteiger charge is 2.08. The van der Waals surface area contributed by atoms with Crippen LogP contribution in [0.3, 0.4) is 0 Å². The van der Waals surface area contributed by atoms with Gasteiger partial charge in [-0.2, -0.15) is 5.10 Å². The third kappa shape index (κ3) is 5.83. The number of hydrazone groups is 1. The Balaban J connectivity index is 1.44. The quantitative estimate of drug-likeness (QED) is 0.151. The second-order valence-corrected chi connectivity index (χ2v) is 8.16. The summed E-state index contributed by atoms with van der Waals surface area (Å²) >= 11 is 5.87. The summed E-state index contributed by atoms with van der Waals surface area (Å²) < 4.78 is 0. The molecule has 4 rings (SSSR count). The SMILES string of the molecule is O=C(N/N=C/c1ccc(C#CCCCc2ccccc2)c2ccccc12)c1ccc(O)c(Cl)c1. The fraction of sp³-hybridized carbons (Fsp3) is 0.103. The van der Waals surface area contributed by atoms with Crippen molar-refractivity contribution in [3.63, 3.8) is 0 Å².